The summed E-state index contributed by atoms with van der Waals surface area (Å²) in [5.74, 6) is 0.427. The lowest BCUT2D eigenvalue weighted by Crippen LogP contribution is -2.08. The minimum absolute atomic E-state index is 0.144. The number of ether oxygens (including phenoxy) is 1. The summed E-state index contributed by atoms with van der Waals surface area (Å²) in [6.07, 6.45) is 1.97. The average molecular weight is 306 g/mol. The number of nitrogens with one attached hydrogen (secondary N) is 1. The van der Waals surface area contributed by atoms with Crippen LogP contribution in [0.1, 0.15) is 28.4 Å². The highest BCUT2D eigenvalue weighted by Crippen LogP contribution is 2.19. The molecular formula is C15H16ClN3O2. The number of halogens is 1. The lowest BCUT2D eigenvalue weighted by atomic mass is 10.1. The molecule has 0 unspecified atom stereocenters. The Labute approximate surface area is 128 Å². The van der Waals surface area contributed by atoms with Gasteiger partial charge in [0.15, 0.2) is 6.29 Å². The number of nitrogens with zero attached hydrogens (tertiary/aromatic N) is 2. The zero-order chi connectivity index (χ0) is 15.1. The molecule has 0 fully saturated rings. The van der Waals surface area contributed by atoms with Gasteiger partial charge in [-0.1, -0.05) is 35.9 Å². The van der Waals surface area contributed by atoms with Gasteiger partial charge in [-0.05, 0) is 18.1 Å². The molecule has 0 bridgehead atoms. The number of hydrogen-bond acceptors (Lipinski definition) is 5. The largest absolute Gasteiger partial charge is 0.377 e. The van der Waals surface area contributed by atoms with E-state index in [1.54, 1.807) is 0 Å². The monoisotopic (exact) mass is 305 g/mol. The molecule has 6 heteroatoms. The Morgan fingerprint density at radius 2 is 2.05 bits per heavy atom. The number of carbonyl (C=O) groups is 1. The van der Waals surface area contributed by atoms with Crippen molar-refractivity contribution in [1.82, 2.24) is 9.97 Å². The SMILES string of the molecule is CCOCc1ccccc1CNc1ncnc(Cl)c1C=O. The van der Waals surface area contributed by atoms with E-state index in [2.05, 4.69) is 15.3 Å². The normalized spacial score (nSPS) is 10.4. The van der Waals surface area contributed by atoms with Crippen molar-refractivity contribution in [1.29, 1.82) is 0 Å². The highest BCUT2D eigenvalue weighted by atomic mass is 35.5. The van der Waals surface area contributed by atoms with Crippen LogP contribution in [0.15, 0.2) is 30.6 Å². The molecule has 1 aromatic carbocycles. The van der Waals surface area contributed by atoms with Crippen LogP contribution in [-0.4, -0.2) is 22.9 Å². The van der Waals surface area contributed by atoms with Gasteiger partial charge in [-0.25, -0.2) is 9.97 Å². The molecule has 1 aromatic heterocycles. The molecule has 21 heavy (non-hydrogen) atoms. The quantitative estimate of drug-likeness (QED) is 0.629. The van der Waals surface area contributed by atoms with Gasteiger partial charge in [0.25, 0.3) is 0 Å². The number of hydrogen-bond donors (Lipinski definition) is 1. The maximum Gasteiger partial charge on any atom is 0.156 e. The first kappa shape index (κ1) is 15.4. The fourth-order valence-electron chi connectivity index (χ4n) is 1.88. The molecule has 0 spiro atoms. The molecule has 0 aliphatic rings. The van der Waals surface area contributed by atoms with E-state index in [1.165, 1.54) is 6.33 Å². The first-order valence-electron chi connectivity index (χ1n) is 6.60. The summed E-state index contributed by atoms with van der Waals surface area (Å²) in [7, 11) is 0. The summed E-state index contributed by atoms with van der Waals surface area (Å²) < 4.78 is 5.45. The Morgan fingerprint density at radius 3 is 2.76 bits per heavy atom. The summed E-state index contributed by atoms with van der Waals surface area (Å²) in [4.78, 5) is 18.9. The van der Waals surface area contributed by atoms with Crippen LogP contribution in [0.2, 0.25) is 5.15 Å². The summed E-state index contributed by atoms with van der Waals surface area (Å²) in [5.41, 5.74) is 2.44. The van der Waals surface area contributed by atoms with Crippen LogP contribution in [0.5, 0.6) is 0 Å². The van der Waals surface area contributed by atoms with Crippen LogP contribution in [0.4, 0.5) is 5.82 Å². The summed E-state index contributed by atoms with van der Waals surface area (Å²) >= 11 is 5.87. The third-order valence-electron chi connectivity index (χ3n) is 2.98. The number of anilines is 1. The van der Waals surface area contributed by atoms with Crippen molar-refractivity contribution in [3.05, 3.63) is 52.4 Å². The third-order valence-corrected chi connectivity index (χ3v) is 3.28. The first-order valence-corrected chi connectivity index (χ1v) is 6.98. The summed E-state index contributed by atoms with van der Waals surface area (Å²) in [5, 5.41) is 3.26. The maximum atomic E-state index is 11.0. The molecule has 5 nitrogen and oxygen atoms in total. The van der Waals surface area contributed by atoms with Crippen molar-refractivity contribution in [3.63, 3.8) is 0 Å². The lowest BCUT2D eigenvalue weighted by Gasteiger charge is -2.12. The van der Waals surface area contributed by atoms with Crippen LogP contribution >= 0.6 is 11.6 Å². The summed E-state index contributed by atoms with van der Waals surface area (Å²) in [6.45, 7) is 3.70. The van der Waals surface area contributed by atoms with Crippen molar-refractivity contribution >= 4 is 23.7 Å². The Balaban J connectivity index is 2.13. The first-order chi connectivity index (χ1) is 10.3. The molecule has 1 N–H and O–H groups in total. The van der Waals surface area contributed by atoms with Crippen molar-refractivity contribution in [2.24, 2.45) is 0 Å². The van der Waals surface area contributed by atoms with Crippen LogP contribution < -0.4 is 5.32 Å². The number of carbonyl (C=O) groups excluding carboxylic acids is 1. The predicted octanol–water partition coefficient (Wildman–Crippen LogP) is 3.09. The Hall–Kier alpha value is -1.98. The second kappa shape index (κ2) is 7.71. The predicted molar refractivity (Wildman–Crippen MR) is 81.5 cm³/mol. The molecule has 0 saturated carbocycles. The van der Waals surface area contributed by atoms with Crippen LogP contribution in [0, 0.1) is 0 Å². The van der Waals surface area contributed by atoms with E-state index in [0.29, 0.717) is 31.9 Å². The van der Waals surface area contributed by atoms with Gasteiger partial charge >= 0.3 is 0 Å². The van der Waals surface area contributed by atoms with Crippen LogP contribution in [-0.2, 0) is 17.9 Å². The average Bonchev–Trinajstić information content (AvgIpc) is 2.51. The van der Waals surface area contributed by atoms with Gasteiger partial charge in [-0.2, -0.15) is 0 Å². The fourth-order valence-corrected chi connectivity index (χ4v) is 2.06. The number of benzene rings is 1. The van der Waals surface area contributed by atoms with Gasteiger partial charge in [0.2, 0.25) is 0 Å². The smallest absolute Gasteiger partial charge is 0.156 e. The topological polar surface area (TPSA) is 64.1 Å². The number of aromatic nitrogens is 2. The van der Waals surface area contributed by atoms with Gasteiger partial charge in [0.05, 0.1) is 12.2 Å². The minimum atomic E-state index is 0.144. The van der Waals surface area contributed by atoms with E-state index in [1.807, 2.05) is 31.2 Å². The molecule has 110 valence electrons. The van der Waals surface area contributed by atoms with E-state index in [-0.39, 0.29) is 10.7 Å². The van der Waals surface area contributed by atoms with Crippen molar-refractivity contribution < 1.29 is 9.53 Å². The van der Waals surface area contributed by atoms with Gasteiger partial charge < -0.3 is 10.1 Å². The van der Waals surface area contributed by atoms with Crippen LogP contribution in [0.3, 0.4) is 0 Å². The molecule has 0 saturated heterocycles. The lowest BCUT2D eigenvalue weighted by molar-refractivity contribution is 0.112. The number of rotatable bonds is 7. The zero-order valence-corrected chi connectivity index (χ0v) is 12.4. The molecule has 1 heterocycles. The zero-order valence-electron chi connectivity index (χ0n) is 11.7. The van der Waals surface area contributed by atoms with Gasteiger partial charge in [-0.3, -0.25) is 4.79 Å². The number of aldehydes is 1. The Bertz CT molecular complexity index is 620. The van der Waals surface area contributed by atoms with E-state index < -0.39 is 0 Å². The van der Waals surface area contributed by atoms with Crippen LogP contribution in [0.25, 0.3) is 0 Å². The molecule has 0 aliphatic carbocycles. The Morgan fingerprint density at radius 1 is 1.29 bits per heavy atom. The van der Waals surface area contributed by atoms with E-state index in [9.17, 15) is 4.79 Å². The fraction of sp³-hybridized carbons (Fsp3) is 0.267. The maximum absolute atomic E-state index is 11.0. The van der Waals surface area contributed by atoms with Crippen molar-refractivity contribution in [3.8, 4) is 0 Å². The highest BCUT2D eigenvalue weighted by Gasteiger charge is 2.09. The van der Waals surface area contributed by atoms with E-state index in [4.69, 9.17) is 16.3 Å². The second-order valence-corrected chi connectivity index (χ2v) is 4.66. The van der Waals surface area contributed by atoms with Crippen molar-refractivity contribution in [2.45, 2.75) is 20.1 Å². The molecular weight excluding hydrogens is 290 g/mol. The van der Waals surface area contributed by atoms with Gasteiger partial charge in [0.1, 0.15) is 17.3 Å². The Kier molecular flexibility index (Phi) is 5.66. The molecule has 0 radical (unpaired) electrons. The van der Waals surface area contributed by atoms with Gasteiger partial charge in [0, 0.05) is 13.2 Å². The third kappa shape index (κ3) is 4.00. The molecule has 0 amide bonds. The molecule has 2 rings (SSSR count). The van der Waals surface area contributed by atoms with Gasteiger partial charge in [-0.15, -0.1) is 0 Å². The van der Waals surface area contributed by atoms with E-state index >= 15 is 0 Å². The highest BCUT2D eigenvalue weighted by molar-refractivity contribution is 6.32. The minimum Gasteiger partial charge on any atom is -0.377 e. The molecule has 2 aromatic rings. The summed E-state index contributed by atoms with van der Waals surface area (Å²) in [6, 6.07) is 7.95. The second-order valence-electron chi connectivity index (χ2n) is 4.30. The standard InChI is InChI=1S/C15H16ClN3O2/c1-2-21-9-12-6-4-3-5-11(12)7-17-15-13(8-20)14(16)18-10-19-15/h3-6,8,10H,2,7,9H2,1H3,(H,17,18,19). The van der Waals surface area contributed by atoms with E-state index in [0.717, 1.165) is 11.1 Å². The molecule has 0 aliphatic heterocycles. The molecule has 0 atom stereocenters. The van der Waals surface area contributed by atoms with Crippen molar-refractivity contribution in [2.75, 3.05) is 11.9 Å².